The number of rotatable bonds is 3. The smallest absolute Gasteiger partial charge is 0.325 e. The minimum atomic E-state index is -0.618. The molecule has 148 valence electrons. The Balaban J connectivity index is 2.06. The number of fused-ring (bicyclic) bond motifs is 3. The highest BCUT2D eigenvalue weighted by molar-refractivity contribution is 9.10. The molecule has 1 aliphatic rings. The summed E-state index contributed by atoms with van der Waals surface area (Å²) in [6.45, 7) is 1.51. The van der Waals surface area contributed by atoms with E-state index in [1.165, 1.54) is 18.7 Å². The number of H-pyrrole nitrogens is 1. The Kier molecular flexibility index (Phi) is 5.18. The highest BCUT2D eigenvalue weighted by Gasteiger charge is 2.44. The van der Waals surface area contributed by atoms with Gasteiger partial charge in [-0.3, -0.25) is 14.6 Å². The largest absolute Gasteiger partial charge is 0.496 e. The van der Waals surface area contributed by atoms with Crippen molar-refractivity contribution in [2.45, 2.75) is 18.2 Å². The maximum atomic E-state index is 13.0. The number of anilines is 1. The average Bonchev–Trinajstić information content (AvgIpc) is 2.71. The summed E-state index contributed by atoms with van der Waals surface area (Å²) in [5.41, 5.74) is 2.28. The second-order valence-corrected chi connectivity index (χ2v) is 8.08. The molecule has 4 rings (SSSR count). The molecular formula is C20H18BrN4O3S+. The third-order valence-corrected chi connectivity index (χ3v) is 5.95. The summed E-state index contributed by atoms with van der Waals surface area (Å²) in [5.74, 6) is 0.522. The van der Waals surface area contributed by atoms with Crippen molar-refractivity contribution in [2.24, 2.45) is 0 Å². The maximum absolute atomic E-state index is 13.0. The molecule has 7 nitrogen and oxygen atoms in total. The molecule has 0 saturated carbocycles. The van der Waals surface area contributed by atoms with Gasteiger partial charge in [-0.15, -0.1) is 0 Å². The minimum Gasteiger partial charge on any atom is -0.496 e. The number of para-hydroxylation sites is 1. The van der Waals surface area contributed by atoms with Gasteiger partial charge in [0, 0.05) is 17.6 Å². The highest BCUT2D eigenvalue weighted by atomic mass is 79.9. The number of nitrogens with one attached hydrogen (secondary N) is 1. The van der Waals surface area contributed by atoms with E-state index in [1.807, 2.05) is 48.7 Å². The summed E-state index contributed by atoms with van der Waals surface area (Å²) in [4.78, 5) is 30.2. The SMILES string of the molecule is COc1ccc([C@@H]2N(C(C)=O)c3ccccc3-c3c(=O)[nH]c(SC)n[n+]32)cc1Br. The predicted molar refractivity (Wildman–Crippen MR) is 114 cm³/mol. The number of carbonyl (C=O) groups excluding carboxylic acids is 1. The number of hydrogen-bond acceptors (Lipinski definition) is 5. The summed E-state index contributed by atoms with van der Waals surface area (Å²) < 4.78 is 7.71. The monoisotopic (exact) mass is 473 g/mol. The quantitative estimate of drug-likeness (QED) is 0.466. The fourth-order valence-corrected chi connectivity index (χ4v) is 4.47. The van der Waals surface area contributed by atoms with Crippen molar-refractivity contribution in [1.82, 2.24) is 10.1 Å². The minimum absolute atomic E-state index is 0.152. The van der Waals surface area contributed by atoms with Gasteiger partial charge < -0.3 is 4.74 Å². The normalized spacial score (nSPS) is 14.9. The van der Waals surface area contributed by atoms with Gasteiger partial charge in [-0.2, -0.15) is 0 Å². The molecule has 0 aliphatic carbocycles. The van der Waals surface area contributed by atoms with Gasteiger partial charge in [0.1, 0.15) is 5.75 Å². The zero-order valence-corrected chi connectivity index (χ0v) is 18.4. The number of amides is 1. The fourth-order valence-electron chi connectivity index (χ4n) is 3.55. The molecule has 1 aliphatic heterocycles. The Bertz CT molecular complexity index is 1180. The van der Waals surface area contributed by atoms with Gasteiger partial charge in [-0.05, 0) is 57.2 Å². The number of halogens is 1. The van der Waals surface area contributed by atoms with Gasteiger partial charge in [0.2, 0.25) is 11.1 Å². The molecule has 2 heterocycles. The molecule has 1 atom stereocenters. The van der Waals surface area contributed by atoms with Crippen LogP contribution in [-0.2, 0) is 4.79 Å². The van der Waals surface area contributed by atoms with Crippen LogP contribution in [0.2, 0.25) is 0 Å². The molecule has 3 aromatic rings. The molecular weight excluding hydrogens is 456 g/mol. The molecule has 0 fully saturated rings. The lowest BCUT2D eigenvalue weighted by Crippen LogP contribution is -2.60. The van der Waals surface area contributed by atoms with Crippen LogP contribution in [0.3, 0.4) is 0 Å². The fraction of sp³-hybridized carbons (Fsp3) is 0.200. The third-order valence-electron chi connectivity index (χ3n) is 4.76. The second kappa shape index (κ2) is 7.64. The Morgan fingerprint density at radius 1 is 1.31 bits per heavy atom. The molecule has 0 saturated heterocycles. The number of methoxy groups -OCH3 is 1. The molecule has 0 spiro atoms. The summed E-state index contributed by atoms with van der Waals surface area (Å²) in [6.07, 6.45) is 1.22. The van der Waals surface area contributed by atoms with E-state index in [0.717, 1.165) is 10.0 Å². The first-order valence-electron chi connectivity index (χ1n) is 8.79. The van der Waals surface area contributed by atoms with Crippen LogP contribution in [0.15, 0.2) is 56.9 Å². The van der Waals surface area contributed by atoms with Crippen LogP contribution in [0.25, 0.3) is 11.3 Å². The zero-order valence-electron chi connectivity index (χ0n) is 16.0. The van der Waals surface area contributed by atoms with Crippen molar-refractivity contribution in [3.63, 3.8) is 0 Å². The van der Waals surface area contributed by atoms with E-state index < -0.39 is 6.17 Å². The first-order chi connectivity index (χ1) is 14.0. The number of aromatic amines is 1. The molecule has 1 amide bonds. The number of nitrogens with zero attached hydrogens (tertiary/aromatic N) is 3. The van der Waals surface area contributed by atoms with E-state index >= 15 is 0 Å². The summed E-state index contributed by atoms with van der Waals surface area (Å²) in [6, 6.07) is 12.9. The second-order valence-electron chi connectivity index (χ2n) is 6.43. The van der Waals surface area contributed by atoms with Crippen LogP contribution in [0.1, 0.15) is 18.7 Å². The van der Waals surface area contributed by atoms with Crippen molar-refractivity contribution in [2.75, 3.05) is 18.3 Å². The van der Waals surface area contributed by atoms with Gasteiger partial charge in [0.25, 0.3) is 6.17 Å². The molecule has 2 aromatic carbocycles. The lowest BCUT2D eigenvalue weighted by Gasteiger charge is -2.31. The number of benzene rings is 2. The van der Waals surface area contributed by atoms with Crippen molar-refractivity contribution < 1.29 is 14.2 Å². The molecule has 0 bridgehead atoms. The van der Waals surface area contributed by atoms with E-state index in [9.17, 15) is 9.59 Å². The summed E-state index contributed by atoms with van der Waals surface area (Å²) in [5, 5.41) is 5.11. The third kappa shape index (κ3) is 3.24. The highest BCUT2D eigenvalue weighted by Crippen LogP contribution is 2.38. The number of hydrogen-bond donors (Lipinski definition) is 1. The van der Waals surface area contributed by atoms with E-state index in [4.69, 9.17) is 4.74 Å². The number of carbonyl (C=O) groups is 1. The number of ether oxygens (including phenoxy) is 1. The maximum Gasteiger partial charge on any atom is 0.325 e. The van der Waals surface area contributed by atoms with Crippen molar-refractivity contribution in [1.29, 1.82) is 0 Å². The van der Waals surface area contributed by atoms with Gasteiger partial charge in [-0.1, -0.05) is 23.9 Å². The Morgan fingerprint density at radius 3 is 2.72 bits per heavy atom. The number of thioether (sulfide) groups is 1. The number of aromatic nitrogens is 3. The topological polar surface area (TPSA) is 79.2 Å². The van der Waals surface area contributed by atoms with Crippen molar-refractivity contribution >= 4 is 39.3 Å². The van der Waals surface area contributed by atoms with E-state index in [2.05, 4.69) is 26.0 Å². The lowest BCUT2D eigenvalue weighted by atomic mass is 10.0. The molecule has 29 heavy (non-hydrogen) atoms. The van der Waals surface area contributed by atoms with E-state index in [1.54, 1.807) is 16.7 Å². The van der Waals surface area contributed by atoms with Crippen molar-refractivity contribution in [3.05, 3.63) is 62.9 Å². The molecule has 1 aromatic heterocycles. The van der Waals surface area contributed by atoms with Gasteiger partial charge in [-0.25, -0.2) is 4.90 Å². The molecule has 1 N–H and O–H groups in total. The molecule has 0 unspecified atom stereocenters. The van der Waals surface area contributed by atoms with Crippen LogP contribution in [0, 0.1) is 0 Å². The average molecular weight is 474 g/mol. The standard InChI is InChI=1S/C20H17BrN4O3S/c1-11(26)24-15-7-5-4-6-13(15)17-18(27)22-20(29-3)23-25(17)19(24)12-8-9-16(28-2)14(21)10-12/h4-10,19H,1-3H3/p+1/t19-/m1/s1. The summed E-state index contributed by atoms with van der Waals surface area (Å²) >= 11 is 4.85. The van der Waals surface area contributed by atoms with Crippen LogP contribution in [-0.4, -0.2) is 29.4 Å². The Labute approximate surface area is 179 Å². The first-order valence-corrected chi connectivity index (χ1v) is 10.8. The van der Waals surface area contributed by atoms with Crippen LogP contribution >= 0.6 is 27.7 Å². The van der Waals surface area contributed by atoms with Crippen LogP contribution in [0.4, 0.5) is 5.69 Å². The van der Waals surface area contributed by atoms with Gasteiger partial charge in [0.05, 0.1) is 22.8 Å². The summed E-state index contributed by atoms with van der Waals surface area (Å²) in [7, 11) is 1.59. The van der Waals surface area contributed by atoms with Crippen molar-refractivity contribution in [3.8, 4) is 17.0 Å². The van der Waals surface area contributed by atoms with Crippen LogP contribution in [0.5, 0.6) is 5.75 Å². The first kappa shape index (κ1) is 19.7. The molecule has 0 radical (unpaired) electrons. The molecule has 9 heteroatoms. The Hall–Kier alpha value is -2.65. The van der Waals surface area contributed by atoms with Crippen LogP contribution < -0.4 is 19.9 Å². The zero-order chi connectivity index (χ0) is 20.7. The van der Waals surface area contributed by atoms with E-state index in [0.29, 0.717) is 27.9 Å². The van der Waals surface area contributed by atoms with E-state index in [-0.39, 0.29) is 11.5 Å². The van der Waals surface area contributed by atoms with Gasteiger partial charge >= 0.3 is 11.3 Å². The Morgan fingerprint density at radius 2 is 2.07 bits per heavy atom. The van der Waals surface area contributed by atoms with Gasteiger partial charge in [0.15, 0.2) is 0 Å². The predicted octanol–water partition coefficient (Wildman–Crippen LogP) is 3.13. The lowest BCUT2D eigenvalue weighted by molar-refractivity contribution is -0.763.